The van der Waals surface area contributed by atoms with Crippen molar-refractivity contribution in [1.29, 1.82) is 0 Å². The first-order valence-electron chi connectivity index (χ1n) is 8.82. The zero-order valence-corrected chi connectivity index (χ0v) is 15.0. The molecule has 4 heteroatoms. The van der Waals surface area contributed by atoms with E-state index in [0.717, 1.165) is 30.4 Å². The monoisotopic (exact) mass is 338 g/mol. The summed E-state index contributed by atoms with van der Waals surface area (Å²) >= 11 is 0. The van der Waals surface area contributed by atoms with Crippen LogP contribution in [0.5, 0.6) is 0 Å². The van der Waals surface area contributed by atoms with Crippen LogP contribution in [0.25, 0.3) is 0 Å². The number of benzene rings is 2. The third kappa shape index (κ3) is 5.75. The van der Waals surface area contributed by atoms with Crippen LogP contribution in [-0.2, 0) is 6.54 Å². The Labute approximate surface area is 149 Å². The highest BCUT2D eigenvalue weighted by atomic mass is 16.2. The molecule has 0 aliphatic carbocycles. The summed E-state index contributed by atoms with van der Waals surface area (Å²) in [6, 6.07) is 14.8. The predicted octanol–water partition coefficient (Wildman–Crippen LogP) is 3.85. The molecule has 4 nitrogen and oxygen atoms in total. The molecule has 0 aromatic heterocycles. The smallest absolute Gasteiger partial charge is 0.251 e. The van der Waals surface area contributed by atoms with Gasteiger partial charge in [0.15, 0.2) is 0 Å². The van der Waals surface area contributed by atoms with Crippen molar-refractivity contribution in [3.8, 4) is 0 Å². The molecule has 0 heterocycles. The maximum Gasteiger partial charge on any atom is 0.251 e. The second-order valence-electron chi connectivity index (χ2n) is 6.15. The van der Waals surface area contributed by atoms with Crippen molar-refractivity contribution in [3.63, 3.8) is 0 Å². The zero-order valence-electron chi connectivity index (χ0n) is 15.0. The van der Waals surface area contributed by atoms with Gasteiger partial charge in [0.1, 0.15) is 0 Å². The average molecular weight is 338 g/mol. The molecule has 132 valence electrons. The molecule has 25 heavy (non-hydrogen) atoms. The van der Waals surface area contributed by atoms with Crippen LogP contribution in [0.15, 0.2) is 48.5 Å². The Kier molecular flexibility index (Phi) is 7.20. The first-order valence-corrected chi connectivity index (χ1v) is 8.82. The lowest BCUT2D eigenvalue weighted by molar-refractivity contribution is 0.0950. The van der Waals surface area contributed by atoms with Crippen molar-refractivity contribution in [2.45, 2.75) is 39.7 Å². The van der Waals surface area contributed by atoms with Gasteiger partial charge in [0, 0.05) is 24.2 Å². The van der Waals surface area contributed by atoms with Crippen LogP contribution in [0.3, 0.4) is 0 Å². The lowest BCUT2D eigenvalue weighted by Gasteiger charge is -2.09. The summed E-state index contributed by atoms with van der Waals surface area (Å²) in [6.45, 7) is 5.28. The second kappa shape index (κ2) is 9.62. The molecule has 0 unspecified atom stereocenters. The van der Waals surface area contributed by atoms with E-state index in [0.29, 0.717) is 24.2 Å². The highest BCUT2D eigenvalue weighted by Gasteiger charge is 2.10. The molecule has 0 radical (unpaired) electrons. The molecule has 0 saturated carbocycles. The number of unbranched alkanes of at least 4 members (excludes halogenated alkanes) is 2. The van der Waals surface area contributed by atoms with Crippen LogP contribution in [0.4, 0.5) is 0 Å². The van der Waals surface area contributed by atoms with E-state index in [-0.39, 0.29) is 11.8 Å². The minimum absolute atomic E-state index is 0.135. The third-order valence-corrected chi connectivity index (χ3v) is 4.15. The Morgan fingerprint density at radius 1 is 0.880 bits per heavy atom. The first-order chi connectivity index (χ1) is 12.1. The van der Waals surface area contributed by atoms with Crippen LogP contribution < -0.4 is 10.6 Å². The van der Waals surface area contributed by atoms with Crippen LogP contribution in [0, 0.1) is 6.92 Å². The number of rotatable bonds is 8. The van der Waals surface area contributed by atoms with Gasteiger partial charge in [0.05, 0.1) is 0 Å². The first kappa shape index (κ1) is 18.7. The van der Waals surface area contributed by atoms with Gasteiger partial charge in [-0.25, -0.2) is 0 Å². The maximum absolute atomic E-state index is 12.4. The number of carbonyl (C=O) groups is 2. The van der Waals surface area contributed by atoms with Crippen molar-refractivity contribution in [2.75, 3.05) is 6.54 Å². The topological polar surface area (TPSA) is 58.2 Å². The highest BCUT2D eigenvalue weighted by molar-refractivity contribution is 5.99. The van der Waals surface area contributed by atoms with E-state index in [2.05, 4.69) is 17.6 Å². The molecule has 2 aromatic carbocycles. The van der Waals surface area contributed by atoms with E-state index in [9.17, 15) is 9.59 Å². The van der Waals surface area contributed by atoms with Gasteiger partial charge in [-0.05, 0) is 42.7 Å². The molecule has 0 saturated heterocycles. The molecule has 0 fully saturated rings. The van der Waals surface area contributed by atoms with Gasteiger partial charge >= 0.3 is 0 Å². The minimum atomic E-state index is -0.177. The number of aryl methyl sites for hydroxylation is 1. The molecule has 2 amide bonds. The standard InChI is InChI=1S/C21H26N2O2/c1-3-4-7-13-22-20(24)17-11-8-12-18(14-17)21(25)23-15-19-10-6-5-9-16(19)2/h5-6,8-12,14H,3-4,7,13,15H2,1-2H3,(H,22,24)(H,23,25). The van der Waals surface area contributed by atoms with Crippen molar-refractivity contribution in [1.82, 2.24) is 10.6 Å². The molecule has 2 aromatic rings. The molecule has 2 rings (SSSR count). The van der Waals surface area contributed by atoms with Gasteiger partial charge in [-0.1, -0.05) is 50.1 Å². The molecule has 0 aliphatic rings. The van der Waals surface area contributed by atoms with Crippen LogP contribution >= 0.6 is 0 Å². The maximum atomic E-state index is 12.4. The Morgan fingerprint density at radius 3 is 2.24 bits per heavy atom. The van der Waals surface area contributed by atoms with Gasteiger partial charge in [0.25, 0.3) is 11.8 Å². The Bertz CT molecular complexity index is 725. The van der Waals surface area contributed by atoms with E-state index in [1.165, 1.54) is 0 Å². The Morgan fingerprint density at radius 2 is 1.56 bits per heavy atom. The number of nitrogens with one attached hydrogen (secondary N) is 2. The molecule has 0 bridgehead atoms. The average Bonchev–Trinajstić information content (AvgIpc) is 2.64. The van der Waals surface area contributed by atoms with Crippen LogP contribution in [-0.4, -0.2) is 18.4 Å². The molecule has 0 atom stereocenters. The van der Waals surface area contributed by atoms with Crippen molar-refractivity contribution >= 4 is 11.8 Å². The van der Waals surface area contributed by atoms with E-state index in [1.807, 2.05) is 31.2 Å². The summed E-state index contributed by atoms with van der Waals surface area (Å²) in [5, 5.41) is 5.81. The van der Waals surface area contributed by atoms with E-state index in [4.69, 9.17) is 0 Å². The number of hydrogen-bond acceptors (Lipinski definition) is 2. The number of hydrogen-bond donors (Lipinski definition) is 2. The third-order valence-electron chi connectivity index (χ3n) is 4.15. The Balaban J connectivity index is 1.94. The SMILES string of the molecule is CCCCCNC(=O)c1cccc(C(=O)NCc2ccccc2C)c1. The summed E-state index contributed by atoms with van der Waals surface area (Å²) in [5.74, 6) is -0.312. The van der Waals surface area contributed by atoms with Gasteiger partial charge in [-0.3, -0.25) is 9.59 Å². The molecule has 0 spiro atoms. The molecule has 2 N–H and O–H groups in total. The lowest BCUT2D eigenvalue weighted by atomic mass is 10.1. The fourth-order valence-corrected chi connectivity index (χ4v) is 2.57. The summed E-state index contributed by atoms with van der Waals surface area (Å²) < 4.78 is 0. The fraction of sp³-hybridized carbons (Fsp3) is 0.333. The van der Waals surface area contributed by atoms with Gasteiger partial charge in [0.2, 0.25) is 0 Å². The fourth-order valence-electron chi connectivity index (χ4n) is 2.57. The van der Waals surface area contributed by atoms with Gasteiger partial charge < -0.3 is 10.6 Å². The summed E-state index contributed by atoms with van der Waals surface area (Å²) in [7, 11) is 0. The quantitative estimate of drug-likeness (QED) is 0.718. The summed E-state index contributed by atoms with van der Waals surface area (Å²) in [5.41, 5.74) is 3.23. The second-order valence-corrected chi connectivity index (χ2v) is 6.15. The molecule has 0 aliphatic heterocycles. The van der Waals surface area contributed by atoms with Crippen molar-refractivity contribution < 1.29 is 9.59 Å². The van der Waals surface area contributed by atoms with E-state index >= 15 is 0 Å². The van der Waals surface area contributed by atoms with Crippen LogP contribution in [0.1, 0.15) is 58.0 Å². The zero-order chi connectivity index (χ0) is 18.1. The van der Waals surface area contributed by atoms with E-state index < -0.39 is 0 Å². The van der Waals surface area contributed by atoms with Gasteiger partial charge in [-0.15, -0.1) is 0 Å². The van der Waals surface area contributed by atoms with Crippen molar-refractivity contribution in [3.05, 3.63) is 70.8 Å². The van der Waals surface area contributed by atoms with Crippen LogP contribution in [0.2, 0.25) is 0 Å². The summed E-state index contributed by atoms with van der Waals surface area (Å²) in [4.78, 5) is 24.5. The predicted molar refractivity (Wildman–Crippen MR) is 101 cm³/mol. The normalized spacial score (nSPS) is 10.3. The highest BCUT2D eigenvalue weighted by Crippen LogP contribution is 2.09. The van der Waals surface area contributed by atoms with Gasteiger partial charge in [-0.2, -0.15) is 0 Å². The lowest BCUT2D eigenvalue weighted by Crippen LogP contribution is -2.26. The molecular weight excluding hydrogens is 312 g/mol. The Hall–Kier alpha value is -2.62. The van der Waals surface area contributed by atoms with E-state index in [1.54, 1.807) is 24.3 Å². The number of carbonyl (C=O) groups excluding carboxylic acids is 2. The minimum Gasteiger partial charge on any atom is -0.352 e. The van der Waals surface area contributed by atoms with Crippen molar-refractivity contribution in [2.24, 2.45) is 0 Å². The summed E-state index contributed by atoms with van der Waals surface area (Å²) in [6.07, 6.45) is 3.19. The number of amides is 2. The molecular formula is C21H26N2O2. The largest absolute Gasteiger partial charge is 0.352 e.